The van der Waals surface area contributed by atoms with Gasteiger partial charge in [-0.1, -0.05) is 0 Å². The quantitative estimate of drug-likeness (QED) is 0.240. The first kappa shape index (κ1) is 10.0. The highest BCUT2D eigenvalue weighted by Gasteiger charge is 2.23. The molecule has 1 aromatic heterocycles. The molecule has 0 aliphatic carbocycles. The van der Waals surface area contributed by atoms with Gasteiger partial charge in [0.1, 0.15) is 11.6 Å². The molecular weight excluding hydrogens is 219 g/mol. The fourth-order valence-corrected chi connectivity index (χ4v) is 1.24. The summed E-state index contributed by atoms with van der Waals surface area (Å²) in [6.45, 7) is 1.38. The lowest BCUT2D eigenvalue weighted by molar-refractivity contribution is -0.601. The minimum Gasteiger partial charge on any atom is -0.617 e. The van der Waals surface area contributed by atoms with Crippen LogP contribution in [0.3, 0.4) is 0 Å². The summed E-state index contributed by atoms with van der Waals surface area (Å²) in [5.41, 5.74) is -0.159. The van der Waals surface area contributed by atoms with Crippen molar-refractivity contribution in [3.05, 3.63) is 37.3 Å². The molecule has 1 rings (SSSR count). The molecule has 13 heavy (non-hydrogen) atoms. The van der Waals surface area contributed by atoms with Gasteiger partial charge in [-0.25, -0.2) is 0 Å². The normalized spacial score (nSPS) is 10.1. The van der Waals surface area contributed by atoms with Crippen LogP contribution < -0.4 is 4.73 Å². The topological polar surface area (TPSA) is 70.1 Å². The lowest BCUT2D eigenvalue weighted by atomic mass is 10.3. The minimum atomic E-state index is -0.646. The Morgan fingerprint density at radius 1 is 1.54 bits per heavy atom. The first-order valence-corrected chi connectivity index (χ1v) is 3.93. The van der Waals surface area contributed by atoms with E-state index >= 15 is 0 Å². The summed E-state index contributed by atoms with van der Waals surface area (Å²) in [5.74, 6) is 0. The van der Waals surface area contributed by atoms with E-state index in [2.05, 4.69) is 0 Å². The Morgan fingerprint density at radius 2 is 2.08 bits per heavy atom. The average molecular weight is 223 g/mol. The summed E-state index contributed by atoms with van der Waals surface area (Å²) in [6, 6.07) is 0.968. The van der Waals surface area contributed by atoms with Crippen molar-refractivity contribution in [3.63, 3.8) is 0 Å². The van der Waals surface area contributed by atoms with E-state index in [4.69, 9.17) is 23.2 Å². The molecule has 1 heterocycles. The van der Waals surface area contributed by atoms with E-state index in [1.807, 2.05) is 0 Å². The molecule has 0 aromatic carbocycles. The number of nitro groups is 1. The number of halogens is 2. The van der Waals surface area contributed by atoms with E-state index in [1.54, 1.807) is 0 Å². The van der Waals surface area contributed by atoms with E-state index in [1.165, 1.54) is 6.92 Å². The van der Waals surface area contributed by atoms with Crippen LogP contribution in [0.4, 0.5) is 5.69 Å². The summed E-state index contributed by atoms with van der Waals surface area (Å²) in [4.78, 5) is 9.77. The third kappa shape index (κ3) is 1.66. The van der Waals surface area contributed by atoms with E-state index in [9.17, 15) is 15.3 Å². The molecule has 0 spiro atoms. The van der Waals surface area contributed by atoms with Gasteiger partial charge in [-0.15, -0.1) is 4.73 Å². The second-order valence-corrected chi connectivity index (χ2v) is 3.06. The van der Waals surface area contributed by atoms with Gasteiger partial charge in [0.2, 0.25) is 0 Å². The predicted molar refractivity (Wildman–Crippen MR) is 46.8 cm³/mol. The van der Waals surface area contributed by atoms with Crippen molar-refractivity contribution in [2.75, 3.05) is 0 Å². The van der Waals surface area contributed by atoms with Crippen LogP contribution in [0.25, 0.3) is 0 Å². The maximum atomic E-state index is 11.0. The van der Waals surface area contributed by atoms with Crippen molar-refractivity contribution < 1.29 is 9.65 Å². The van der Waals surface area contributed by atoms with Gasteiger partial charge in [0.05, 0.1) is 4.92 Å². The SMILES string of the molecule is Cc1c([N+](=O)[O-])cc(Cl)[n+]([O-])c1Cl. The lowest BCUT2D eigenvalue weighted by Gasteiger charge is -2.03. The molecule has 0 aliphatic heterocycles. The van der Waals surface area contributed by atoms with Gasteiger partial charge in [0, 0.05) is 0 Å². The second kappa shape index (κ2) is 3.35. The number of hydrogen-bond acceptors (Lipinski definition) is 3. The van der Waals surface area contributed by atoms with Gasteiger partial charge in [-0.2, -0.15) is 0 Å². The minimum absolute atomic E-state index is 0.103. The van der Waals surface area contributed by atoms with Crippen molar-refractivity contribution in [3.8, 4) is 0 Å². The highest BCUT2D eigenvalue weighted by Crippen LogP contribution is 2.24. The smallest absolute Gasteiger partial charge is 0.297 e. The van der Waals surface area contributed by atoms with Crippen molar-refractivity contribution in [2.45, 2.75) is 6.92 Å². The summed E-state index contributed by atoms with van der Waals surface area (Å²) in [7, 11) is 0. The molecule has 0 saturated carbocycles. The summed E-state index contributed by atoms with van der Waals surface area (Å²) in [6.07, 6.45) is 0. The molecule has 7 heteroatoms. The zero-order valence-electron chi connectivity index (χ0n) is 6.45. The fourth-order valence-electron chi connectivity index (χ4n) is 0.821. The number of nitrogens with zero attached hydrogens (tertiary/aromatic N) is 2. The van der Waals surface area contributed by atoms with Gasteiger partial charge in [0.25, 0.3) is 16.0 Å². The van der Waals surface area contributed by atoms with E-state index in [0.717, 1.165) is 6.07 Å². The zero-order valence-corrected chi connectivity index (χ0v) is 7.96. The highest BCUT2D eigenvalue weighted by molar-refractivity contribution is 6.31. The number of aromatic nitrogens is 1. The van der Waals surface area contributed by atoms with Gasteiger partial charge >= 0.3 is 0 Å². The molecule has 0 N–H and O–H groups in total. The highest BCUT2D eigenvalue weighted by atomic mass is 35.5. The Kier molecular flexibility index (Phi) is 2.58. The number of pyridine rings is 1. The second-order valence-electron chi connectivity index (χ2n) is 2.32. The van der Waals surface area contributed by atoms with Crippen molar-refractivity contribution in [1.82, 2.24) is 0 Å². The maximum Gasteiger partial charge on any atom is 0.297 e. The van der Waals surface area contributed by atoms with Gasteiger partial charge in [-0.05, 0) is 30.1 Å². The Bertz CT molecular complexity index is 381. The Hall–Kier alpha value is -1.07. The molecule has 0 amide bonds. The molecule has 0 radical (unpaired) electrons. The molecular formula is C6H4Cl2N2O3. The Morgan fingerprint density at radius 3 is 2.54 bits per heavy atom. The predicted octanol–water partition coefficient (Wildman–Crippen LogP) is 1.84. The van der Waals surface area contributed by atoms with Crippen molar-refractivity contribution >= 4 is 28.9 Å². The maximum absolute atomic E-state index is 11.0. The molecule has 0 atom stereocenters. The van der Waals surface area contributed by atoms with Gasteiger partial charge < -0.3 is 5.21 Å². The van der Waals surface area contributed by atoms with Crippen LogP contribution in [-0.4, -0.2) is 4.92 Å². The lowest BCUT2D eigenvalue weighted by Crippen LogP contribution is -2.30. The Balaban J connectivity index is 3.50. The van der Waals surface area contributed by atoms with Gasteiger partial charge in [0.15, 0.2) is 0 Å². The molecule has 0 unspecified atom stereocenters. The fraction of sp³-hybridized carbons (Fsp3) is 0.167. The van der Waals surface area contributed by atoms with E-state index in [0.29, 0.717) is 0 Å². The molecule has 0 saturated heterocycles. The van der Waals surface area contributed by atoms with Crippen molar-refractivity contribution in [1.29, 1.82) is 0 Å². The molecule has 0 aliphatic rings. The molecule has 0 bridgehead atoms. The molecule has 70 valence electrons. The average Bonchev–Trinajstić information content (AvgIpc) is 2.07. The van der Waals surface area contributed by atoms with E-state index < -0.39 is 4.92 Å². The van der Waals surface area contributed by atoms with Crippen LogP contribution in [0, 0.1) is 22.2 Å². The summed E-state index contributed by atoms with van der Waals surface area (Å²) >= 11 is 10.9. The van der Waals surface area contributed by atoms with Gasteiger partial charge in [-0.3, -0.25) is 10.1 Å². The van der Waals surface area contributed by atoms with Crippen LogP contribution in [-0.2, 0) is 0 Å². The molecule has 5 nitrogen and oxygen atoms in total. The summed E-state index contributed by atoms with van der Waals surface area (Å²) in [5, 5.41) is 20.8. The number of rotatable bonds is 1. The third-order valence-corrected chi connectivity index (χ3v) is 2.22. The van der Waals surface area contributed by atoms with Crippen LogP contribution in [0.15, 0.2) is 6.07 Å². The van der Waals surface area contributed by atoms with Crippen molar-refractivity contribution in [2.24, 2.45) is 0 Å². The van der Waals surface area contributed by atoms with Crippen LogP contribution in [0.1, 0.15) is 5.56 Å². The first-order valence-electron chi connectivity index (χ1n) is 3.17. The zero-order chi connectivity index (χ0) is 10.2. The van der Waals surface area contributed by atoms with Crippen LogP contribution in [0.2, 0.25) is 10.3 Å². The standard InChI is InChI=1S/C6H4Cl2N2O3/c1-3-4(10(12)13)2-5(7)9(11)6(3)8/h2H,1H3. The Labute approximate surface area is 83.2 Å². The molecule has 0 fully saturated rings. The van der Waals surface area contributed by atoms with Crippen LogP contribution >= 0.6 is 23.2 Å². The third-order valence-electron chi connectivity index (χ3n) is 1.52. The molecule has 1 aromatic rings. The van der Waals surface area contributed by atoms with E-state index in [-0.39, 0.29) is 26.3 Å². The van der Waals surface area contributed by atoms with Crippen LogP contribution in [0.5, 0.6) is 0 Å². The number of hydrogen-bond donors (Lipinski definition) is 0. The first-order chi connectivity index (χ1) is 5.95. The monoisotopic (exact) mass is 222 g/mol. The largest absolute Gasteiger partial charge is 0.617 e. The summed E-state index contributed by atoms with van der Waals surface area (Å²) < 4.78 is 0.228.